The molecule has 0 amide bonds. The fraction of sp³-hybridized carbons (Fsp3) is 0.538. The molecule has 0 radical (unpaired) electrons. The summed E-state index contributed by atoms with van der Waals surface area (Å²) in [4.78, 5) is 0. The molecule has 0 heterocycles. The van der Waals surface area contributed by atoms with Crippen molar-refractivity contribution in [2.75, 3.05) is 14.2 Å². The fourth-order valence-electron chi connectivity index (χ4n) is 1.83. The lowest BCUT2D eigenvalue weighted by molar-refractivity contribution is 0.414. The second-order valence-electron chi connectivity index (χ2n) is 3.99. The second-order valence-corrected chi connectivity index (χ2v) is 4.81. The first kappa shape index (κ1) is 14.6. The van der Waals surface area contributed by atoms with Gasteiger partial charge in [0.05, 0.1) is 12.1 Å². The Kier molecular flexibility index (Phi) is 6.10. The smallest absolute Gasteiger partial charge is 0.138 e. The van der Waals surface area contributed by atoms with E-state index < -0.39 is 0 Å². The van der Waals surface area contributed by atoms with Crippen LogP contribution in [0.3, 0.4) is 0 Å². The minimum atomic E-state index is 0.242. The van der Waals surface area contributed by atoms with Gasteiger partial charge in [-0.25, -0.2) is 0 Å². The number of rotatable bonds is 6. The highest BCUT2D eigenvalue weighted by atomic mass is 35.5. The van der Waals surface area contributed by atoms with Crippen molar-refractivity contribution in [2.24, 2.45) is 0 Å². The van der Waals surface area contributed by atoms with Crippen LogP contribution in [0.25, 0.3) is 0 Å². The van der Waals surface area contributed by atoms with Crippen molar-refractivity contribution in [3.05, 3.63) is 27.7 Å². The molecule has 0 saturated heterocycles. The van der Waals surface area contributed by atoms with Gasteiger partial charge in [-0.1, -0.05) is 43.0 Å². The highest BCUT2D eigenvalue weighted by Gasteiger charge is 2.15. The van der Waals surface area contributed by atoms with E-state index in [4.69, 9.17) is 27.9 Å². The SMILES string of the molecule is CCCCC(NC)c1cc(Cl)c(OC)cc1Cl. The van der Waals surface area contributed by atoms with Crippen LogP contribution in [0.2, 0.25) is 10.0 Å². The molecule has 0 aromatic heterocycles. The zero-order chi connectivity index (χ0) is 12.8. The summed E-state index contributed by atoms with van der Waals surface area (Å²) < 4.78 is 5.14. The molecule has 2 nitrogen and oxygen atoms in total. The van der Waals surface area contributed by atoms with Crippen LogP contribution in [0.5, 0.6) is 5.75 Å². The molecular weight excluding hydrogens is 257 g/mol. The van der Waals surface area contributed by atoms with E-state index in [1.807, 2.05) is 13.1 Å². The summed E-state index contributed by atoms with van der Waals surface area (Å²) in [6.45, 7) is 2.18. The van der Waals surface area contributed by atoms with Crippen LogP contribution in [0.4, 0.5) is 0 Å². The van der Waals surface area contributed by atoms with Crippen molar-refractivity contribution >= 4 is 23.2 Å². The molecule has 1 aromatic carbocycles. The Labute approximate surface area is 113 Å². The van der Waals surface area contributed by atoms with Gasteiger partial charge in [0.25, 0.3) is 0 Å². The number of hydrogen-bond acceptors (Lipinski definition) is 2. The highest BCUT2D eigenvalue weighted by Crippen LogP contribution is 2.35. The van der Waals surface area contributed by atoms with Gasteiger partial charge in [-0.05, 0) is 25.1 Å². The lowest BCUT2D eigenvalue weighted by Gasteiger charge is -2.19. The monoisotopic (exact) mass is 275 g/mol. The topological polar surface area (TPSA) is 21.3 Å². The van der Waals surface area contributed by atoms with E-state index in [1.54, 1.807) is 13.2 Å². The van der Waals surface area contributed by atoms with Gasteiger partial charge in [0, 0.05) is 17.1 Å². The van der Waals surface area contributed by atoms with E-state index in [0.717, 1.165) is 18.4 Å². The van der Waals surface area contributed by atoms with Gasteiger partial charge < -0.3 is 10.1 Å². The van der Waals surface area contributed by atoms with Crippen LogP contribution in [-0.4, -0.2) is 14.2 Å². The van der Waals surface area contributed by atoms with E-state index in [-0.39, 0.29) is 6.04 Å². The van der Waals surface area contributed by atoms with Crippen LogP contribution in [0.15, 0.2) is 12.1 Å². The molecule has 0 spiro atoms. The quantitative estimate of drug-likeness (QED) is 0.828. The molecule has 0 saturated carbocycles. The molecular formula is C13H19Cl2NO. The highest BCUT2D eigenvalue weighted by molar-refractivity contribution is 6.34. The van der Waals surface area contributed by atoms with Crippen LogP contribution < -0.4 is 10.1 Å². The van der Waals surface area contributed by atoms with Crippen molar-refractivity contribution in [3.8, 4) is 5.75 Å². The first-order valence-electron chi connectivity index (χ1n) is 5.84. The fourth-order valence-corrected chi connectivity index (χ4v) is 2.37. The minimum absolute atomic E-state index is 0.242. The Morgan fingerprint density at radius 1 is 1.29 bits per heavy atom. The maximum atomic E-state index is 6.25. The Hall–Kier alpha value is -0.440. The second kappa shape index (κ2) is 7.10. The van der Waals surface area contributed by atoms with Gasteiger partial charge in [0.2, 0.25) is 0 Å². The standard InChI is InChI=1S/C13H19Cl2NO/c1-4-5-6-12(16-2)9-7-11(15)13(17-3)8-10(9)14/h7-8,12,16H,4-6H2,1-3H3. The number of unbranched alkanes of at least 4 members (excludes halogenated alkanes) is 1. The summed E-state index contributed by atoms with van der Waals surface area (Å²) in [5.41, 5.74) is 1.04. The van der Waals surface area contributed by atoms with E-state index in [1.165, 1.54) is 6.42 Å². The van der Waals surface area contributed by atoms with Crippen molar-refractivity contribution in [2.45, 2.75) is 32.2 Å². The Bertz CT molecular complexity index is 369. The van der Waals surface area contributed by atoms with Gasteiger partial charge in [-0.3, -0.25) is 0 Å². The normalized spacial score (nSPS) is 12.5. The van der Waals surface area contributed by atoms with Crippen molar-refractivity contribution in [1.29, 1.82) is 0 Å². The molecule has 0 aliphatic rings. The molecule has 4 heteroatoms. The summed E-state index contributed by atoms with van der Waals surface area (Å²) in [6.07, 6.45) is 3.38. The van der Waals surface area contributed by atoms with Crippen molar-refractivity contribution < 1.29 is 4.74 Å². The van der Waals surface area contributed by atoms with Crippen LogP contribution in [-0.2, 0) is 0 Å². The number of hydrogen-bond donors (Lipinski definition) is 1. The number of ether oxygens (including phenoxy) is 1. The van der Waals surface area contributed by atoms with E-state index >= 15 is 0 Å². The van der Waals surface area contributed by atoms with Gasteiger partial charge in [0.1, 0.15) is 5.75 Å². The maximum Gasteiger partial charge on any atom is 0.138 e. The summed E-state index contributed by atoms with van der Waals surface area (Å²) in [6, 6.07) is 3.90. The van der Waals surface area contributed by atoms with Gasteiger partial charge in [0.15, 0.2) is 0 Å². The first-order valence-corrected chi connectivity index (χ1v) is 6.59. The van der Waals surface area contributed by atoms with E-state index in [2.05, 4.69) is 12.2 Å². The third kappa shape index (κ3) is 3.77. The predicted molar refractivity (Wildman–Crippen MR) is 74.3 cm³/mol. The summed E-state index contributed by atoms with van der Waals surface area (Å²) in [5.74, 6) is 0.616. The molecule has 1 unspecified atom stereocenters. The lowest BCUT2D eigenvalue weighted by atomic mass is 10.0. The summed E-state index contributed by atoms with van der Waals surface area (Å²) >= 11 is 12.4. The Balaban J connectivity index is 2.99. The molecule has 1 N–H and O–H groups in total. The summed E-state index contributed by atoms with van der Waals surface area (Å²) in [7, 11) is 3.53. The van der Waals surface area contributed by atoms with E-state index in [9.17, 15) is 0 Å². The van der Waals surface area contributed by atoms with Gasteiger partial charge in [-0.2, -0.15) is 0 Å². The Morgan fingerprint density at radius 2 is 2.00 bits per heavy atom. The third-order valence-corrected chi connectivity index (χ3v) is 3.46. The van der Waals surface area contributed by atoms with Crippen LogP contribution in [0, 0.1) is 0 Å². The molecule has 0 bridgehead atoms. The molecule has 1 aromatic rings. The number of benzene rings is 1. The summed E-state index contributed by atoms with van der Waals surface area (Å²) in [5, 5.41) is 4.57. The van der Waals surface area contributed by atoms with Gasteiger partial charge >= 0.3 is 0 Å². The third-order valence-electron chi connectivity index (χ3n) is 2.84. The zero-order valence-electron chi connectivity index (χ0n) is 10.5. The molecule has 96 valence electrons. The van der Waals surface area contributed by atoms with Crippen molar-refractivity contribution in [1.82, 2.24) is 5.32 Å². The maximum absolute atomic E-state index is 6.25. The van der Waals surface area contributed by atoms with Crippen molar-refractivity contribution in [3.63, 3.8) is 0 Å². The van der Waals surface area contributed by atoms with Crippen LogP contribution in [0.1, 0.15) is 37.8 Å². The van der Waals surface area contributed by atoms with E-state index in [0.29, 0.717) is 15.8 Å². The zero-order valence-corrected chi connectivity index (χ0v) is 12.0. The average Bonchev–Trinajstić information content (AvgIpc) is 2.33. The molecule has 1 atom stereocenters. The minimum Gasteiger partial charge on any atom is -0.495 e. The molecule has 0 aliphatic carbocycles. The average molecular weight is 276 g/mol. The number of halogens is 2. The number of methoxy groups -OCH3 is 1. The largest absolute Gasteiger partial charge is 0.495 e. The molecule has 0 aliphatic heterocycles. The first-order chi connectivity index (χ1) is 8.13. The molecule has 1 rings (SSSR count). The van der Waals surface area contributed by atoms with Gasteiger partial charge in [-0.15, -0.1) is 0 Å². The predicted octanol–water partition coefficient (Wildman–Crippen LogP) is 4.45. The number of nitrogens with one attached hydrogen (secondary N) is 1. The molecule has 0 fully saturated rings. The van der Waals surface area contributed by atoms with Crippen LogP contribution >= 0.6 is 23.2 Å². The lowest BCUT2D eigenvalue weighted by Crippen LogP contribution is -2.16. The molecule has 17 heavy (non-hydrogen) atoms. The Morgan fingerprint density at radius 3 is 2.53 bits per heavy atom.